The zero-order chi connectivity index (χ0) is 12.0. The molecule has 0 aromatic heterocycles. The van der Waals surface area contributed by atoms with Crippen LogP contribution in [0.5, 0.6) is 0 Å². The van der Waals surface area contributed by atoms with Crippen molar-refractivity contribution in [3.05, 3.63) is 27.8 Å². The second-order valence-corrected chi connectivity index (χ2v) is 7.80. The van der Waals surface area contributed by atoms with Crippen LogP contribution in [0.15, 0.2) is 29.2 Å². The molecule has 2 aliphatic rings. The van der Waals surface area contributed by atoms with Crippen LogP contribution in [0.3, 0.4) is 0 Å². The standard InChI is InChI=1S/C12H14INO2S/c13-9-5-7-10(8-6-9)17(15,16)14-11-3-1-2-4-12(11)14/h5-8,11-12H,1-4H2. The third kappa shape index (κ3) is 2.02. The first-order valence-corrected chi connectivity index (χ1v) is 8.42. The Morgan fingerprint density at radius 2 is 1.59 bits per heavy atom. The first-order valence-electron chi connectivity index (χ1n) is 5.90. The van der Waals surface area contributed by atoms with Gasteiger partial charge in [0.25, 0.3) is 0 Å². The number of sulfonamides is 1. The van der Waals surface area contributed by atoms with Crippen LogP contribution in [0.2, 0.25) is 0 Å². The minimum absolute atomic E-state index is 0.285. The molecule has 1 heterocycles. The van der Waals surface area contributed by atoms with Crippen molar-refractivity contribution in [1.29, 1.82) is 0 Å². The summed E-state index contributed by atoms with van der Waals surface area (Å²) in [6.07, 6.45) is 4.41. The van der Waals surface area contributed by atoms with Crippen molar-refractivity contribution in [3.8, 4) is 0 Å². The highest BCUT2D eigenvalue weighted by Gasteiger charge is 2.55. The summed E-state index contributed by atoms with van der Waals surface area (Å²) in [6.45, 7) is 0. The van der Waals surface area contributed by atoms with E-state index in [9.17, 15) is 8.42 Å². The minimum atomic E-state index is -3.24. The molecule has 0 bridgehead atoms. The smallest absolute Gasteiger partial charge is 0.207 e. The molecule has 0 spiro atoms. The Bertz CT molecular complexity index is 514. The molecule has 5 heteroatoms. The van der Waals surface area contributed by atoms with Crippen LogP contribution >= 0.6 is 22.6 Å². The molecule has 17 heavy (non-hydrogen) atoms. The van der Waals surface area contributed by atoms with Gasteiger partial charge < -0.3 is 0 Å². The molecule has 2 fully saturated rings. The van der Waals surface area contributed by atoms with Crippen molar-refractivity contribution in [2.24, 2.45) is 0 Å². The summed E-state index contributed by atoms with van der Waals surface area (Å²) in [7, 11) is -3.24. The predicted molar refractivity (Wildman–Crippen MR) is 74.2 cm³/mol. The van der Waals surface area contributed by atoms with E-state index >= 15 is 0 Å². The van der Waals surface area contributed by atoms with Crippen molar-refractivity contribution < 1.29 is 8.42 Å². The van der Waals surface area contributed by atoms with Gasteiger partial charge in [-0.25, -0.2) is 8.42 Å². The van der Waals surface area contributed by atoms with Crippen LogP contribution in [0.1, 0.15) is 25.7 Å². The predicted octanol–water partition coefficient (Wildman–Crippen LogP) is 2.61. The summed E-state index contributed by atoms with van der Waals surface area (Å²) in [4.78, 5) is 0.437. The lowest BCUT2D eigenvalue weighted by atomic mass is 10.0. The molecule has 0 N–H and O–H groups in total. The highest BCUT2D eigenvalue weighted by atomic mass is 127. The Balaban J connectivity index is 1.89. The van der Waals surface area contributed by atoms with Crippen molar-refractivity contribution in [1.82, 2.24) is 4.31 Å². The molecule has 1 aromatic carbocycles. The van der Waals surface area contributed by atoms with E-state index in [0.717, 1.165) is 16.4 Å². The number of benzene rings is 1. The maximum Gasteiger partial charge on any atom is 0.243 e. The van der Waals surface area contributed by atoms with Gasteiger partial charge in [0.2, 0.25) is 10.0 Å². The highest BCUT2D eigenvalue weighted by molar-refractivity contribution is 14.1. The molecule has 3 rings (SSSR count). The summed E-state index contributed by atoms with van der Waals surface area (Å²) in [5.74, 6) is 0. The molecule has 92 valence electrons. The second kappa shape index (κ2) is 4.20. The Kier molecular flexibility index (Phi) is 2.95. The van der Waals surface area contributed by atoms with Gasteiger partial charge in [0, 0.05) is 15.7 Å². The first kappa shape index (κ1) is 11.9. The Morgan fingerprint density at radius 1 is 1.06 bits per heavy atom. The summed E-state index contributed by atoms with van der Waals surface area (Å²) < 4.78 is 27.6. The normalized spacial score (nSPS) is 31.9. The van der Waals surface area contributed by atoms with Gasteiger partial charge >= 0.3 is 0 Å². The van der Waals surface area contributed by atoms with Crippen molar-refractivity contribution in [2.45, 2.75) is 42.7 Å². The molecule has 1 aliphatic carbocycles. The summed E-state index contributed by atoms with van der Waals surface area (Å²) in [5, 5.41) is 0. The quantitative estimate of drug-likeness (QED) is 0.598. The minimum Gasteiger partial charge on any atom is -0.207 e. The third-order valence-electron chi connectivity index (χ3n) is 3.65. The average Bonchev–Trinajstić information content (AvgIpc) is 3.04. The molecule has 2 atom stereocenters. The number of fused-ring (bicyclic) bond motifs is 1. The van der Waals surface area contributed by atoms with Crippen molar-refractivity contribution in [2.75, 3.05) is 0 Å². The van der Waals surface area contributed by atoms with E-state index in [1.165, 1.54) is 12.8 Å². The first-order chi connectivity index (χ1) is 8.10. The molecule has 1 saturated heterocycles. The summed E-state index contributed by atoms with van der Waals surface area (Å²) in [5.41, 5.74) is 0. The molecule has 1 aliphatic heterocycles. The van der Waals surface area contributed by atoms with E-state index in [4.69, 9.17) is 0 Å². The van der Waals surface area contributed by atoms with Gasteiger partial charge in [-0.3, -0.25) is 0 Å². The molecule has 0 radical (unpaired) electrons. The van der Waals surface area contributed by atoms with E-state index in [-0.39, 0.29) is 12.1 Å². The summed E-state index contributed by atoms with van der Waals surface area (Å²) >= 11 is 2.18. The Hall–Kier alpha value is -0.140. The van der Waals surface area contributed by atoms with E-state index in [1.54, 1.807) is 16.4 Å². The molecular formula is C12H14INO2S. The van der Waals surface area contributed by atoms with E-state index in [1.807, 2.05) is 12.1 Å². The van der Waals surface area contributed by atoms with Gasteiger partial charge in [-0.15, -0.1) is 0 Å². The Labute approximate surface area is 115 Å². The van der Waals surface area contributed by atoms with E-state index in [2.05, 4.69) is 22.6 Å². The molecule has 1 saturated carbocycles. The molecule has 3 nitrogen and oxygen atoms in total. The number of hydrogen-bond donors (Lipinski definition) is 0. The third-order valence-corrected chi connectivity index (χ3v) is 6.33. The largest absolute Gasteiger partial charge is 0.243 e. The number of halogens is 1. The lowest BCUT2D eigenvalue weighted by Crippen LogP contribution is -2.15. The number of hydrogen-bond acceptors (Lipinski definition) is 2. The molecule has 0 amide bonds. The second-order valence-electron chi connectivity index (χ2n) is 4.71. The zero-order valence-corrected chi connectivity index (χ0v) is 12.3. The van der Waals surface area contributed by atoms with Crippen LogP contribution in [0.4, 0.5) is 0 Å². The van der Waals surface area contributed by atoms with E-state index < -0.39 is 10.0 Å². The zero-order valence-electron chi connectivity index (χ0n) is 9.34. The van der Waals surface area contributed by atoms with Crippen LogP contribution in [-0.2, 0) is 10.0 Å². The number of nitrogens with zero attached hydrogens (tertiary/aromatic N) is 1. The fourth-order valence-electron chi connectivity index (χ4n) is 2.74. The fourth-order valence-corrected chi connectivity index (χ4v) is 4.97. The number of rotatable bonds is 2. The molecule has 2 unspecified atom stereocenters. The average molecular weight is 363 g/mol. The van der Waals surface area contributed by atoms with Crippen LogP contribution < -0.4 is 0 Å². The van der Waals surface area contributed by atoms with Gasteiger partial charge in [-0.1, -0.05) is 12.8 Å². The van der Waals surface area contributed by atoms with Gasteiger partial charge in [0.1, 0.15) is 0 Å². The van der Waals surface area contributed by atoms with Gasteiger partial charge in [-0.2, -0.15) is 4.31 Å². The lowest BCUT2D eigenvalue weighted by Gasteiger charge is -2.05. The van der Waals surface area contributed by atoms with Gasteiger partial charge in [0.15, 0.2) is 0 Å². The van der Waals surface area contributed by atoms with Crippen LogP contribution in [-0.4, -0.2) is 24.8 Å². The fraction of sp³-hybridized carbons (Fsp3) is 0.500. The van der Waals surface area contributed by atoms with Crippen molar-refractivity contribution >= 4 is 32.6 Å². The van der Waals surface area contributed by atoms with Crippen LogP contribution in [0, 0.1) is 3.57 Å². The summed E-state index contributed by atoms with van der Waals surface area (Å²) in [6, 6.07) is 7.69. The maximum absolute atomic E-state index is 12.4. The van der Waals surface area contributed by atoms with Crippen molar-refractivity contribution in [3.63, 3.8) is 0 Å². The molecular weight excluding hydrogens is 349 g/mol. The topological polar surface area (TPSA) is 37.1 Å². The van der Waals surface area contributed by atoms with Crippen LogP contribution in [0.25, 0.3) is 0 Å². The SMILES string of the molecule is O=S(=O)(c1ccc(I)cc1)N1C2CCCCC21. The van der Waals surface area contributed by atoms with Gasteiger partial charge in [-0.05, 0) is 59.7 Å². The van der Waals surface area contributed by atoms with E-state index in [0.29, 0.717) is 4.90 Å². The monoisotopic (exact) mass is 363 g/mol. The lowest BCUT2D eigenvalue weighted by molar-refractivity contribution is 0.545. The highest BCUT2D eigenvalue weighted by Crippen LogP contribution is 2.44. The van der Waals surface area contributed by atoms with Gasteiger partial charge in [0.05, 0.1) is 4.90 Å². The molecule has 1 aromatic rings. The maximum atomic E-state index is 12.4. The Morgan fingerprint density at radius 3 is 2.12 bits per heavy atom.